The van der Waals surface area contributed by atoms with E-state index in [4.69, 9.17) is 10.5 Å². The molecule has 0 unspecified atom stereocenters. The number of anilines is 1. The number of carbonyl (C=O) groups excluding carboxylic acids is 1. The summed E-state index contributed by atoms with van der Waals surface area (Å²) in [4.78, 5) is 22.9. The molecule has 10 nitrogen and oxygen atoms in total. The lowest BCUT2D eigenvalue weighted by Gasteiger charge is -2.22. The topological polar surface area (TPSA) is 139 Å². The van der Waals surface area contributed by atoms with Crippen molar-refractivity contribution in [1.82, 2.24) is 24.8 Å². The van der Waals surface area contributed by atoms with Gasteiger partial charge in [-0.15, -0.1) is 0 Å². The molecule has 1 aromatic carbocycles. The normalized spacial score (nSPS) is 22.1. The molecular weight excluding hydrogens is 472 g/mol. The van der Waals surface area contributed by atoms with E-state index in [2.05, 4.69) is 48.2 Å². The summed E-state index contributed by atoms with van der Waals surface area (Å²) in [6.07, 6.45) is 0.591. The van der Waals surface area contributed by atoms with Gasteiger partial charge in [-0.2, -0.15) is 0 Å². The zero-order valence-corrected chi connectivity index (χ0v) is 22.0. The number of nitrogens with two attached hydrogens (primary N) is 1. The molecule has 1 aliphatic heterocycles. The Labute approximate surface area is 217 Å². The first kappa shape index (κ1) is 27.0. The van der Waals surface area contributed by atoms with Gasteiger partial charge in [-0.3, -0.25) is 9.36 Å². The molecule has 0 saturated carbocycles. The molecule has 5 N–H and O–H groups in total. The third-order valence-corrected chi connectivity index (χ3v) is 6.82. The molecule has 1 saturated heterocycles. The van der Waals surface area contributed by atoms with Crippen molar-refractivity contribution in [3.63, 3.8) is 0 Å². The van der Waals surface area contributed by atoms with E-state index in [0.29, 0.717) is 42.9 Å². The molecule has 37 heavy (non-hydrogen) atoms. The second-order valence-corrected chi connectivity index (χ2v) is 10.9. The lowest BCUT2D eigenvalue weighted by molar-refractivity contribution is -0.120. The summed E-state index contributed by atoms with van der Waals surface area (Å²) in [6.45, 7) is 8.17. The van der Waals surface area contributed by atoms with E-state index in [1.165, 1.54) is 11.9 Å². The van der Waals surface area contributed by atoms with Crippen molar-refractivity contribution in [2.75, 3.05) is 32.4 Å². The van der Waals surface area contributed by atoms with Crippen molar-refractivity contribution in [1.29, 1.82) is 0 Å². The molecule has 4 rings (SSSR count). The number of aliphatic hydroxyl groups excluding tert-OH is 2. The minimum atomic E-state index is -1.13. The number of fused-ring (bicyclic) bond motifs is 1. The minimum Gasteiger partial charge on any atom is -0.397 e. The standard InChI is InChI=1S/C27H38N6O4/c1-27(2,3)18-8-6-17(7-9-18)14-21(34)29-11-5-13-32(4)15-20-23(35)24(36)26(37-20)33-16-31-22-19(28)10-12-30-25(22)33/h6-10,12,16,20,23-24,26,35-36H,5,11,13-15H2,1-4H3,(H2,28,30)(H,29,34)/t20-,23-,24-,26-/m1/s1. The Morgan fingerprint density at radius 2 is 1.89 bits per heavy atom. The monoisotopic (exact) mass is 510 g/mol. The Morgan fingerprint density at radius 1 is 1.16 bits per heavy atom. The fraction of sp³-hybridized carbons (Fsp3) is 0.519. The quantitative estimate of drug-likeness (QED) is 0.319. The van der Waals surface area contributed by atoms with Crippen LogP contribution in [0.3, 0.4) is 0 Å². The summed E-state index contributed by atoms with van der Waals surface area (Å²) >= 11 is 0. The van der Waals surface area contributed by atoms with Gasteiger partial charge >= 0.3 is 0 Å². The first-order valence-corrected chi connectivity index (χ1v) is 12.7. The van der Waals surface area contributed by atoms with Gasteiger partial charge in [0.1, 0.15) is 23.8 Å². The Hall–Kier alpha value is -3.05. The van der Waals surface area contributed by atoms with Gasteiger partial charge in [0.25, 0.3) is 0 Å². The van der Waals surface area contributed by atoms with Crippen LogP contribution in [0, 0.1) is 0 Å². The van der Waals surface area contributed by atoms with E-state index in [9.17, 15) is 15.0 Å². The molecule has 1 fully saturated rings. The van der Waals surface area contributed by atoms with Crippen LogP contribution in [-0.2, 0) is 21.4 Å². The molecule has 4 atom stereocenters. The molecule has 0 aliphatic carbocycles. The van der Waals surface area contributed by atoms with Crippen LogP contribution >= 0.6 is 0 Å². The van der Waals surface area contributed by atoms with Crippen molar-refractivity contribution < 1.29 is 19.7 Å². The second-order valence-electron chi connectivity index (χ2n) is 10.9. The number of hydrogen-bond donors (Lipinski definition) is 4. The highest BCUT2D eigenvalue weighted by Gasteiger charge is 2.44. The predicted octanol–water partition coefficient (Wildman–Crippen LogP) is 1.61. The number of benzene rings is 1. The number of nitrogen functional groups attached to an aromatic ring is 1. The third kappa shape index (κ3) is 6.27. The molecule has 200 valence electrons. The largest absolute Gasteiger partial charge is 0.397 e. The van der Waals surface area contributed by atoms with Gasteiger partial charge in [0, 0.05) is 19.3 Å². The molecule has 3 heterocycles. The molecule has 0 radical (unpaired) electrons. The number of nitrogens with zero attached hydrogens (tertiary/aromatic N) is 4. The van der Waals surface area contributed by atoms with Gasteiger partial charge in [0.2, 0.25) is 5.91 Å². The van der Waals surface area contributed by atoms with E-state index in [0.717, 1.165) is 12.0 Å². The number of pyridine rings is 1. The van der Waals surface area contributed by atoms with Crippen molar-refractivity contribution in [3.05, 3.63) is 54.0 Å². The summed E-state index contributed by atoms with van der Waals surface area (Å²) in [7, 11) is 1.92. The van der Waals surface area contributed by atoms with Gasteiger partial charge < -0.3 is 30.9 Å². The number of ether oxygens (including phenoxy) is 1. The molecule has 3 aromatic rings. The molecule has 10 heteroatoms. The maximum atomic E-state index is 12.3. The molecule has 2 aromatic heterocycles. The zero-order chi connectivity index (χ0) is 26.7. The van der Waals surface area contributed by atoms with Gasteiger partial charge in [-0.05, 0) is 42.6 Å². The van der Waals surface area contributed by atoms with Crippen LogP contribution in [0.1, 0.15) is 44.5 Å². The van der Waals surface area contributed by atoms with Crippen LogP contribution in [-0.4, -0.2) is 80.5 Å². The number of amides is 1. The van der Waals surface area contributed by atoms with Gasteiger partial charge in [-0.1, -0.05) is 45.0 Å². The van der Waals surface area contributed by atoms with Crippen LogP contribution in [0.15, 0.2) is 42.9 Å². The summed E-state index contributed by atoms with van der Waals surface area (Å²) in [5.41, 5.74) is 9.78. The highest BCUT2D eigenvalue weighted by atomic mass is 16.6. The van der Waals surface area contributed by atoms with E-state index < -0.39 is 24.5 Å². The summed E-state index contributed by atoms with van der Waals surface area (Å²) in [5, 5.41) is 24.2. The van der Waals surface area contributed by atoms with Crippen LogP contribution in [0.5, 0.6) is 0 Å². The molecule has 1 aliphatic rings. The summed E-state index contributed by atoms with van der Waals surface area (Å²) in [5.74, 6) is -0.00604. The first-order chi connectivity index (χ1) is 17.5. The Balaban J connectivity index is 1.21. The van der Waals surface area contributed by atoms with Crippen LogP contribution in [0.2, 0.25) is 0 Å². The van der Waals surface area contributed by atoms with Gasteiger partial charge in [0.05, 0.1) is 18.4 Å². The van der Waals surface area contributed by atoms with Crippen molar-refractivity contribution in [2.45, 2.75) is 63.6 Å². The zero-order valence-electron chi connectivity index (χ0n) is 22.0. The number of hydrogen-bond acceptors (Lipinski definition) is 8. The predicted molar refractivity (Wildman–Crippen MR) is 142 cm³/mol. The number of imidazole rings is 1. The lowest BCUT2D eigenvalue weighted by atomic mass is 9.86. The van der Waals surface area contributed by atoms with Crippen LogP contribution < -0.4 is 11.1 Å². The molecule has 0 bridgehead atoms. The SMILES string of the molecule is CN(CCCNC(=O)Cc1ccc(C(C)(C)C)cc1)C[C@H]1O[C@@H](n2cnc3c(N)ccnc32)[C@H](O)[C@@H]1O. The molecular formula is C27H38N6O4. The second kappa shape index (κ2) is 11.1. The lowest BCUT2D eigenvalue weighted by Crippen LogP contribution is -2.39. The molecule has 1 amide bonds. The number of likely N-dealkylation sites (N-methyl/N-ethyl adjacent to an activating group) is 1. The maximum absolute atomic E-state index is 12.3. The van der Waals surface area contributed by atoms with Crippen LogP contribution in [0.25, 0.3) is 11.2 Å². The number of aromatic nitrogens is 3. The van der Waals surface area contributed by atoms with E-state index in [1.54, 1.807) is 16.8 Å². The smallest absolute Gasteiger partial charge is 0.224 e. The molecule has 0 spiro atoms. The number of aliphatic hydroxyl groups is 2. The Kier molecular flexibility index (Phi) is 8.13. The number of rotatable bonds is 9. The Morgan fingerprint density at radius 3 is 2.59 bits per heavy atom. The highest BCUT2D eigenvalue weighted by molar-refractivity contribution is 5.83. The maximum Gasteiger partial charge on any atom is 0.224 e. The highest BCUT2D eigenvalue weighted by Crippen LogP contribution is 2.32. The fourth-order valence-electron chi connectivity index (χ4n) is 4.59. The van der Waals surface area contributed by atoms with E-state index >= 15 is 0 Å². The number of nitrogens with one attached hydrogen (secondary N) is 1. The average molecular weight is 511 g/mol. The van der Waals surface area contributed by atoms with Crippen molar-refractivity contribution in [2.24, 2.45) is 0 Å². The fourth-order valence-corrected chi connectivity index (χ4v) is 4.59. The average Bonchev–Trinajstić information content (AvgIpc) is 3.39. The van der Waals surface area contributed by atoms with Crippen LogP contribution in [0.4, 0.5) is 5.69 Å². The van der Waals surface area contributed by atoms with E-state index in [1.807, 2.05) is 24.1 Å². The first-order valence-electron chi connectivity index (χ1n) is 12.7. The Bertz CT molecular complexity index is 1210. The van der Waals surface area contributed by atoms with Gasteiger partial charge in [-0.25, -0.2) is 9.97 Å². The third-order valence-electron chi connectivity index (χ3n) is 6.82. The van der Waals surface area contributed by atoms with Crippen molar-refractivity contribution in [3.8, 4) is 0 Å². The van der Waals surface area contributed by atoms with Crippen molar-refractivity contribution >= 4 is 22.8 Å². The van der Waals surface area contributed by atoms with E-state index in [-0.39, 0.29) is 11.3 Å². The minimum absolute atomic E-state index is 0.00604. The summed E-state index contributed by atoms with van der Waals surface area (Å²) < 4.78 is 7.62. The van der Waals surface area contributed by atoms with Gasteiger partial charge in [0.15, 0.2) is 11.9 Å². The summed E-state index contributed by atoms with van der Waals surface area (Å²) in [6, 6.07) is 9.85. The number of carbonyl (C=O) groups is 1.